The topological polar surface area (TPSA) is 115 Å². The molecule has 0 aliphatic carbocycles. The molecule has 0 atom stereocenters. The number of phenols is 1. The zero-order valence-electron chi connectivity index (χ0n) is 15.6. The molecule has 2 aromatic carbocycles. The molecule has 0 unspecified atom stereocenters. The van der Waals surface area contributed by atoms with Crippen molar-refractivity contribution in [3.8, 4) is 5.75 Å². The maximum Gasteiger partial charge on any atom is 0.325 e. The van der Waals surface area contributed by atoms with Gasteiger partial charge in [0.05, 0.1) is 10.2 Å². The number of carbonyl (C=O) groups is 2. The molecule has 9 heteroatoms. The van der Waals surface area contributed by atoms with Crippen LogP contribution in [0.4, 0.5) is 21.3 Å². The fraction of sp³-hybridized carbons (Fsp3) is 0.250. The molecule has 1 aromatic heterocycles. The summed E-state index contributed by atoms with van der Waals surface area (Å²) in [6.45, 7) is 1.73. The Bertz CT molecular complexity index is 1030. The second kappa shape index (κ2) is 8.46. The van der Waals surface area contributed by atoms with Crippen molar-refractivity contribution in [3.63, 3.8) is 0 Å². The predicted octanol–water partition coefficient (Wildman–Crippen LogP) is 3.58. The molecular formula is C20H21N5O3S. The van der Waals surface area contributed by atoms with Crippen LogP contribution < -0.4 is 21.3 Å². The van der Waals surface area contributed by atoms with Gasteiger partial charge in [0, 0.05) is 17.3 Å². The number of anilines is 3. The van der Waals surface area contributed by atoms with Gasteiger partial charge >= 0.3 is 6.03 Å². The summed E-state index contributed by atoms with van der Waals surface area (Å²) < 4.78 is 0.786. The molecule has 29 heavy (non-hydrogen) atoms. The standard InChI is InChI=1S/C20H21N5O3S/c26-15-5-6-16-17(11-15)29-20(24-16)25-19(28)23-14-3-1-13(2-4-14)22-18(27)12-7-9-21-10-8-12/h1-6,11-12,21,26H,7-10H2,(H,22,27)(H2,23,24,25,28). The van der Waals surface area contributed by atoms with Gasteiger partial charge in [0.15, 0.2) is 5.13 Å². The van der Waals surface area contributed by atoms with Crippen LogP contribution >= 0.6 is 11.3 Å². The first kappa shape index (κ1) is 19.2. The Morgan fingerprint density at radius 1 is 1.00 bits per heavy atom. The van der Waals surface area contributed by atoms with Gasteiger partial charge in [-0.3, -0.25) is 10.1 Å². The Balaban J connectivity index is 1.32. The van der Waals surface area contributed by atoms with Gasteiger partial charge in [-0.25, -0.2) is 9.78 Å². The fourth-order valence-corrected chi connectivity index (χ4v) is 4.09. The van der Waals surface area contributed by atoms with E-state index in [4.69, 9.17) is 0 Å². The Morgan fingerprint density at radius 3 is 2.41 bits per heavy atom. The molecule has 1 fully saturated rings. The molecule has 3 aromatic rings. The summed E-state index contributed by atoms with van der Waals surface area (Å²) in [6.07, 6.45) is 1.69. The molecule has 8 nitrogen and oxygen atoms in total. The molecule has 3 amide bonds. The smallest absolute Gasteiger partial charge is 0.325 e. The van der Waals surface area contributed by atoms with Gasteiger partial charge in [-0.2, -0.15) is 0 Å². The highest BCUT2D eigenvalue weighted by Gasteiger charge is 2.20. The van der Waals surface area contributed by atoms with Crippen molar-refractivity contribution in [2.24, 2.45) is 5.92 Å². The normalized spacial score (nSPS) is 14.5. The minimum Gasteiger partial charge on any atom is -0.508 e. The van der Waals surface area contributed by atoms with Crippen LogP contribution in [-0.4, -0.2) is 35.1 Å². The number of aromatic nitrogens is 1. The molecule has 0 bridgehead atoms. The number of phenolic OH excluding ortho intramolecular Hbond substituents is 1. The van der Waals surface area contributed by atoms with Gasteiger partial charge in [-0.05, 0) is 68.4 Å². The summed E-state index contributed by atoms with van der Waals surface area (Å²) in [7, 11) is 0. The van der Waals surface area contributed by atoms with E-state index in [2.05, 4.69) is 26.3 Å². The van der Waals surface area contributed by atoms with Crippen molar-refractivity contribution in [3.05, 3.63) is 42.5 Å². The van der Waals surface area contributed by atoms with E-state index >= 15 is 0 Å². The number of hydrogen-bond acceptors (Lipinski definition) is 6. The van der Waals surface area contributed by atoms with Gasteiger partial charge in [0.2, 0.25) is 5.91 Å². The number of nitrogens with zero attached hydrogens (tertiary/aromatic N) is 1. The summed E-state index contributed by atoms with van der Waals surface area (Å²) in [4.78, 5) is 28.8. The SMILES string of the molecule is O=C(Nc1ccc(NC(=O)C2CCNCC2)cc1)Nc1nc2ccc(O)cc2s1. The van der Waals surface area contributed by atoms with Gasteiger partial charge in [0.1, 0.15) is 5.75 Å². The number of rotatable bonds is 4. The molecule has 5 N–H and O–H groups in total. The number of carbonyl (C=O) groups excluding carboxylic acids is 2. The van der Waals surface area contributed by atoms with E-state index in [0.717, 1.165) is 30.6 Å². The number of hydrogen-bond donors (Lipinski definition) is 5. The van der Waals surface area contributed by atoms with E-state index in [1.54, 1.807) is 42.5 Å². The molecule has 0 radical (unpaired) electrons. The molecular weight excluding hydrogens is 390 g/mol. The minimum absolute atomic E-state index is 0.0341. The zero-order chi connectivity index (χ0) is 20.2. The molecule has 1 aliphatic heterocycles. The first-order valence-corrected chi connectivity index (χ1v) is 10.2. The molecule has 1 saturated heterocycles. The lowest BCUT2D eigenvalue weighted by Gasteiger charge is -2.21. The zero-order valence-corrected chi connectivity index (χ0v) is 16.4. The van der Waals surface area contributed by atoms with Crippen molar-refractivity contribution in [1.29, 1.82) is 0 Å². The maximum absolute atomic E-state index is 12.3. The van der Waals surface area contributed by atoms with Crippen LogP contribution in [-0.2, 0) is 4.79 Å². The highest BCUT2D eigenvalue weighted by molar-refractivity contribution is 7.22. The number of benzene rings is 2. The number of fused-ring (bicyclic) bond motifs is 1. The van der Waals surface area contributed by atoms with Gasteiger partial charge in [-0.15, -0.1) is 0 Å². The summed E-state index contributed by atoms with van der Waals surface area (Å²) in [5.74, 6) is 0.229. The lowest BCUT2D eigenvalue weighted by Crippen LogP contribution is -2.34. The Hall–Kier alpha value is -3.17. The third-order valence-corrected chi connectivity index (χ3v) is 5.65. The van der Waals surface area contributed by atoms with Crippen molar-refractivity contribution in [1.82, 2.24) is 10.3 Å². The highest BCUT2D eigenvalue weighted by Crippen LogP contribution is 2.28. The fourth-order valence-electron chi connectivity index (χ4n) is 3.19. The van der Waals surface area contributed by atoms with E-state index < -0.39 is 6.03 Å². The van der Waals surface area contributed by atoms with Crippen LogP contribution in [0.3, 0.4) is 0 Å². The van der Waals surface area contributed by atoms with E-state index in [-0.39, 0.29) is 17.6 Å². The van der Waals surface area contributed by atoms with Crippen LogP contribution in [0.2, 0.25) is 0 Å². The lowest BCUT2D eigenvalue weighted by molar-refractivity contribution is -0.120. The quantitative estimate of drug-likeness (QED) is 0.450. The van der Waals surface area contributed by atoms with E-state index in [1.807, 2.05) is 0 Å². The summed E-state index contributed by atoms with van der Waals surface area (Å²) >= 11 is 1.28. The first-order chi connectivity index (χ1) is 14.1. The first-order valence-electron chi connectivity index (χ1n) is 9.36. The average Bonchev–Trinajstić information content (AvgIpc) is 3.11. The summed E-state index contributed by atoms with van der Waals surface area (Å²) in [5, 5.41) is 21.6. The third-order valence-electron chi connectivity index (χ3n) is 4.71. The minimum atomic E-state index is -0.417. The van der Waals surface area contributed by atoms with Crippen LogP contribution in [0, 0.1) is 5.92 Å². The summed E-state index contributed by atoms with van der Waals surface area (Å²) in [5.41, 5.74) is 2.00. The Morgan fingerprint density at radius 2 is 1.69 bits per heavy atom. The van der Waals surface area contributed by atoms with Gasteiger partial charge < -0.3 is 21.1 Å². The largest absolute Gasteiger partial charge is 0.508 e. The average molecular weight is 411 g/mol. The number of urea groups is 1. The van der Waals surface area contributed by atoms with Crippen molar-refractivity contribution < 1.29 is 14.7 Å². The molecule has 0 saturated carbocycles. The van der Waals surface area contributed by atoms with Crippen molar-refractivity contribution in [2.45, 2.75) is 12.8 Å². The molecule has 4 rings (SSSR count). The van der Waals surface area contributed by atoms with E-state index in [1.165, 1.54) is 11.3 Å². The van der Waals surface area contributed by atoms with E-state index in [0.29, 0.717) is 22.0 Å². The predicted molar refractivity (Wildman–Crippen MR) is 115 cm³/mol. The number of aromatic hydroxyl groups is 1. The van der Waals surface area contributed by atoms with Crippen LogP contribution in [0.5, 0.6) is 5.75 Å². The van der Waals surface area contributed by atoms with Gasteiger partial charge in [-0.1, -0.05) is 11.3 Å². The second-order valence-electron chi connectivity index (χ2n) is 6.84. The van der Waals surface area contributed by atoms with Crippen molar-refractivity contribution in [2.75, 3.05) is 29.0 Å². The number of amides is 3. The number of thiazole rings is 1. The van der Waals surface area contributed by atoms with Crippen LogP contribution in [0.15, 0.2) is 42.5 Å². The Kier molecular flexibility index (Phi) is 5.59. The number of nitrogens with one attached hydrogen (secondary N) is 4. The third kappa shape index (κ3) is 4.82. The van der Waals surface area contributed by atoms with E-state index in [9.17, 15) is 14.7 Å². The highest BCUT2D eigenvalue weighted by atomic mass is 32.1. The van der Waals surface area contributed by atoms with Crippen LogP contribution in [0.25, 0.3) is 10.2 Å². The molecule has 0 spiro atoms. The Labute approximate surface area is 171 Å². The van der Waals surface area contributed by atoms with Gasteiger partial charge in [0.25, 0.3) is 0 Å². The van der Waals surface area contributed by atoms with Crippen molar-refractivity contribution >= 4 is 50.0 Å². The molecule has 2 heterocycles. The number of piperidine rings is 1. The monoisotopic (exact) mass is 411 g/mol. The molecule has 150 valence electrons. The second-order valence-corrected chi connectivity index (χ2v) is 7.87. The summed E-state index contributed by atoms with van der Waals surface area (Å²) in [6, 6.07) is 11.4. The maximum atomic E-state index is 12.3. The lowest BCUT2D eigenvalue weighted by atomic mass is 9.97. The van der Waals surface area contributed by atoms with Crippen LogP contribution in [0.1, 0.15) is 12.8 Å². The molecule has 1 aliphatic rings.